The fraction of sp³-hybridized carbons (Fsp3) is 0.544. The summed E-state index contributed by atoms with van der Waals surface area (Å²) in [4.78, 5) is 45.5. The Morgan fingerprint density at radius 1 is 0.718 bits per heavy atom. The fourth-order valence-corrected chi connectivity index (χ4v) is 13.9. The molecule has 4 fully saturated rings. The molecule has 2 spiro atoms. The van der Waals surface area contributed by atoms with Gasteiger partial charge >= 0.3 is 0 Å². The second-order valence-corrected chi connectivity index (χ2v) is 30.1. The molecule has 8 aromatic rings. The van der Waals surface area contributed by atoms with Crippen LogP contribution in [-0.2, 0) is 48.1 Å². The molecule has 0 bridgehead atoms. The lowest BCUT2D eigenvalue weighted by Gasteiger charge is -2.42. The molecule has 0 unspecified atom stereocenters. The first kappa shape index (κ1) is 54.4. The lowest BCUT2D eigenvalue weighted by molar-refractivity contribution is 0.0899. The van der Waals surface area contributed by atoms with Crippen LogP contribution in [0.5, 0.6) is 0 Å². The molecule has 21 heteroatoms. The highest BCUT2D eigenvalue weighted by Gasteiger charge is 2.49. The van der Waals surface area contributed by atoms with Crippen LogP contribution in [-0.4, -0.2) is 121 Å². The minimum absolute atomic E-state index is 0.0134. The molecule has 10 heterocycles. The third-order valence-corrected chi connectivity index (χ3v) is 20.5. The van der Waals surface area contributed by atoms with E-state index in [0.717, 1.165) is 122 Å². The Balaban J connectivity index is 0.000000169. The molecule has 416 valence electrons. The number of aromatic nitrogens is 10. The maximum absolute atomic E-state index is 14.2. The molecule has 4 atom stereocenters. The molecular weight excluding hydrogens is 1050 g/mol. The van der Waals surface area contributed by atoms with Gasteiger partial charge in [-0.1, -0.05) is 61.9 Å². The van der Waals surface area contributed by atoms with Crippen molar-refractivity contribution in [2.45, 2.75) is 124 Å². The van der Waals surface area contributed by atoms with E-state index in [1.54, 1.807) is 16.2 Å². The molecular formula is C57H75Cl2N13O5Si. The number of H-pyrrole nitrogens is 1. The number of ether oxygens (including phenoxy) is 3. The van der Waals surface area contributed by atoms with Crippen molar-refractivity contribution in [2.75, 3.05) is 55.8 Å². The number of anilines is 2. The zero-order valence-electron chi connectivity index (χ0n) is 46.8. The normalized spacial score (nSPS) is 21.3. The Hall–Kier alpha value is -5.54. The van der Waals surface area contributed by atoms with Crippen molar-refractivity contribution < 1.29 is 14.2 Å². The van der Waals surface area contributed by atoms with Gasteiger partial charge in [-0.25, -0.2) is 0 Å². The van der Waals surface area contributed by atoms with Gasteiger partial charge in [0.1, 0.15) is 12.4 Å². The van der Waals surface area contributed by atoms with Gasteiger partial charge in [0.15, 0.2) is 5.65 Å². The number of aromatic amines is 1. The molecule has 78 heavy (non-hydrogen) atoms. The number of halogens is 2. The Kier molecular flexibility index (Phi) is 14.5. The number of piperidine rings is 2. The molecule has 4 aliphatic heterocycles. The number of aryl methyl sites for hydroxylation is 2. The van der Waals surface area contributed by atoms with Gasteiger partial charge in [0, 0.05) is 143 Å². The van der Waals surface area contributed by atoms with E-state index in [1.807, 2.05) is 90.8 Å². The standard InChI is InChI=1S/C32H45ClN6O3Si.C25H30ClN7O2/c1-8-39-18-25-26(35-39)10-9-23(28(25)33)24-17-38(20-41-15-16-43(5,6)7)29-27(24)30(40)36(4)31(34-29)37-13-11-32(12-14-37)19-42-22(3)21(32)2;1-4-33-12-17-18(30-33)6-5-15(20(17)26)16-11-28-22-19(16)23(34)31(3)24(29-22)32-9-7-25(8-10-32)13-35-14(2)21(25)27/h9-10,17-18,21-22H,8,11-16,19-20H2,1-7H3;5-6,11-12,14,21,28H,4,7-10,13,27H2,1-3H3/t21-,22+;14-,21+/m10/s1. The van der Waals surface area contributed by atoms with Crippen LogP contribution in [0, 0.1) is 16.7 Å². The van der Waals surface area contributed by atoms with Crippen molar-refractivity contribution in [3.63, 3.8) is 0 Å². The van der Waals surface area contributed by atoms with Gasteiger partial charge in [0.2, 0.25) is 11.9 Å². The van der Waals surface area contributed by atoms with Crippen LogP contribution in [0.2, 0.25) is 35.7 Å². The molecule has 12 rings (SSSR count). The average molecular weight is 1120 g/mol. The Bertz CT molecular complexity index is 3690. The molecule has 0 radical (unpaired) electrons. The maximum atomic E-state index is 14.2. The van der Waals surface area contributed by atoms with Crippen molar-refractivity contribution in [1.82, 2.24) is 48.2 Å². The quantitative estimate of drug-likeness (QED) is 0.0924. The van der Waals surface area contributed by atoms with E-state index in [2.05, 4.69) is 58.5 Å². The minimum atomic E-state index is -1.25. The van der Waals surface area contributed by atoms with Crippen molar-refractivity contribution >= 4 is 87.0 Å². The first-order valence-electron chi connectivity index (χ1n) is 27.8. The molecule has 0 amide bonds. The van der Waals surface area contributed by atoms with Crippen LogP contribution in [0.3, 0.4) is 0 Å². The summed E-state index contributed by atoms with van der Waals surface area (Å²) in [6.45, 7) is 25.0. The van der Waals surface area contributed by atoms with Crippen LogP contribution in [0.4, 0.5) is 11.9 Å². The molecule has 0 saturated carbocycles. The number of benzene rings is 2. The lowest BCUT2D eigenvalue weighted by Crippen LogP contribution is -2.51. The van der Waals surface area contributed by atoms with Crippen LogP contribution >= 0.6 is 23.2 Å². The number of nitrogens with two attached hydrogens (primary N) is 1. The molecule has 4 aliphatic rings. The van der Waals surface area contributed by atoms with Gasteiger partial charge in [0.25, 0.3) is 11.1 Å². The first-order valence-corrected chi connectivity index (χ1v) is 32.3. The highest BCUT2D eigenvalue weighted by Crippen LogP contribution is 2.47. The second kappa shape index (κ2) is 20.8. The minimum Gasteiger partial charge on any atom is -0.378 e. The summed E-state index contributed by atoms with van der Waals surface area (Å²) in [5, 5.41) is 13.2. The van der Waals surface area contributed by atoms with Crippen LogP contribution in [0.1, 0.15) is 60.3 Å². The monoisotopic (exact) mass is 1120 g/mol. The summed E-state index contributed by atoms with van der Waals surface area (Å²) in [5.74, 6) is 1.89. The third kappa shape index (κ3) is 9.47. The number of hydrogen-bond acceptors (Lipinski definition) is 12. The van der Waals surface area contributed by atoms with Crippen LogP contribution < -0.4 is 26.7 Å². The Labute approximate surface area is 465 Å². The van der Waals surface area contributed by atoms with Gasteiger partial charge in [-0.3, -0.25) is 28.1 Å². The van der Waals surface area contributed by atoms with E-state index in [9.17, 15) is 9.59 Å². The van der Waals surface area contributed by atoms with E-state index in [0.29, 0.717) is 69.9 Å². The smallest absolute Gasteiger partial charge is 0.264 e. The van der Waals surface area contributed by atoms with Crippen LogP contribution in [0.15, 0.2) is 58.6 Å². The topological polar surface area (TPSA) is 186 Å². The summed E-state index contributed by atoms with van der Waals surface area (Å²) < 4.78 is 27.2. The fourth-order valence-electron chi connectivity index (χ4n) is 12.5. The number of hydrogen-bond donors (Lipinski definition) is 2. The first-order chi connectivity index (χ1) is 37.2. The number of fused-ring (bicyclic) bond motifs is 4. The van der Waals surface area contributed by atoms with E-state index in [-0.39, 0.29) is 40.2 Å². The zero-order valence-corrected chi connectivity index (χ0v) is 49.3. The van der Waals surface area contributed by atoms with Crippen molar-refractivity contribution in [2.24, 2.45) is 36.6 Å². The van der Waals surface area contributed by atoms with Crippen molar-refractivity contribution in [1.29, 1.82) is 0 Å². The molecule has 0 aliphatic carbocycles. The average Bonchev–Trinajstić information content (AvgIpc) is 4.49. The molecule has 18 nitrogen and oxygen atoms in total. The van der Waals surface area contributed by atoms with E-state index < -0.39 is 8.07 Å². The van der Waals surface area contributed by atoms with E-state index in [1.165, 1.54) is 0 Å². The molecule has 2 aromatic carbocycles. The van der Waals surface area contributed by atoms with Crippen LogP contribution in [0.25, 0.3) is 66.1 Å². The maximum Gasteiger partial charge on any atom is 0.264 e. The highest BCUT2D eigenvalue weighted by molar-refractivity contribution is 6.76. The van der Waals surface area contributed by atoms with Crippen molar-refractivity contribution in [3.05, 3.63) is 79.8 Å². The predicted octanol–water partition coefficient (Wildman–Crippen LogP) is 9.66. The summed E-state index contributed by atoms with van der Waals surface area (Å²) in [5.41, 5.74) is 12.5. The van der Waals surface area contributed by atoms with Gasteiger partial charge < -0.3 is 39.3 Å². The number of nitrogens with zero attached hydrogens (tertiary/aromatic N) is 11. The lowest BCUT2D eigenvalue weighted by atomic mass is 9.70. The van der Waals surface area contributed by atoms with Gasteiger partial charge in [0.05, 0.1) is 57.3 Å². The zero-order chi connectivity index (χ0) is 55.2. The highest BCUT2D eigenvalue weighted by atomic mass is 35.5. The summed E-state index contributed by atoms with van der Waals surface area (Å²) in [6.07, 6.45) is 12.0. The van der Waals surface area contributed by atoms with Gasteiger partial charge in [-0.2, -0.15) is 20.2 Å². The van der Waals surface area contributed by atoms with Gasteiger partial charge in [-0.15, -0.1) is 0 Å². The van der Waals surface area contributed by atoms with Crippen molar-refractivity contribution in [3.8, 4) is 22.3 Å². The molecule has 3 N–H and O–H groups in total. The molecule has 4 saturated heterocycles. The number of nitrogens with one attached hydrogen (secondary N) is 1. The third-order valence-electron chi connectivity index (χ3n) is 18.0. The number of rotatable bonds is 11. The predicted molar refractivity (Wildman–Crippen MR) is 315 cm³/mol. The van der Waals surface area contributed by atoms with Gasteiger partial charge in [-0.05, 0) is 77.5 Å². The van der Waals surface area contributed by atoms with E-state index >= 15 is 0 Å². The summed E-state index contributed by atoms with van der Waals surface area (Å²) in [6, 6.07) is 8.91. The Morgan fingerprint density at radius 2 is 1.24 bits per heavy atom. The second-order valence-electron chi connectivity index (χ2n) is 23.8. The van der Waals surface area contributed by atoms with E-state index in [4.69, 9.17) is 53.1 Å². The summed E-state index contributed by atoms with van der Waals surface area (Å²) >= 11 is 13.8. The molecule has 6 aromatic heterocycles. The summed E-state index contributed by atoms with van der Waals surface area (Å²) in [7, 11) is 2.37. The SMILES string of the molecule is CCn1cc2c(Cl)c(-c3c[nH]c4nc(N5CCC6(CC5)CO[C@@H](C)[C@H]6N)n(C)c(=O)c34)ccc2n1.CCn1cc2c(Cl)c(-c3cn(COCC[Si](C)(C)C)c4nc(N5CCC6(CC5)CO[C@@H](C)[C@H]6C)n(C)c(=O)c34)ccc2n1. The largest absolute Gasteiger partial charge is 0.378 e. The Morgan fingerprint density at radius 3 is 1.77 bits per heavy atom.